The molecule has 1 saturated heterocycles. The average Bonchev–Trinajstić information content (AvgIpc) is 3.17. The maximum absolute atomic E-state index is 12.2. The van der Waals surface area contributed by atoms with Crippen molar-refractivity contribution in [1.29, 1.82) is 0 Å². The zero-order chi connectivity index (χ0) is 18.4. The maximum atomic E-state index is 12.2. The summed E-state index contributed by atoms with van der Waals surface area (Å²) < 4.78 is 0. The van der Waals surface area contributed by atoms with E-state index in [0.29, 0.717) is 12.2 Å². The minimum atomic E-state index is -0.153. The van der Waals surface area contributed by atoms with E-state index in [-0.39, 0.29) is 5.91 Å². The summed E-state index contributed by atoms with van der Waals surface area (Å²) >= 11 is 0. The highest BCUT2D eigenvalue weighted by atomic mass is 16.1. The van der Waals surface area contributed by atoms with Gasteiger partial charge >= 0.3 is 0 Å². The normalized spacial score (nSPS) is 13.9. The number of aromatic nitrogens is 1. The number of benzene rings is 1. The fraction of sp³-hybridized carbons (Fsp3) is 0.400. The van der Waals surface area contributed by atoms with Crippen LogP contribution in [-0.4, -0.2) is 56.1 Å². The predicted molar refractivity (Wildman–Crippen MR) is 106 cm³/mol. The van der Waals surface area contributed by atoms with Gasteiger partial charge in [0.25, 0.3) is 5.91 Å². The summed E-state index contributed by atoms with van der Waals surface area (Å²) in [7, 11) is 3.95. The summed E-state index contributed by atoms with van der Waals surface area (Å²) in [6.45, 7) is 3.68. The molecule has 26 heavy (non-hydrogen) atoms. The molecule has 6 heteroatoms. The van der Waals surface area contributed by atoms with Crippen molar-refractivity contribution in [2.24, 2.45) is 0 Å². The quantitative estimate of drug-likeness (QED) is 0.801. The monoisotopic (exact) mass is 353 g/mol. The molecule has 0 aliphatic carbocycles. The molecule has 6 nitrogen and oxygen atoms in total. The zero-order valence-corrected chi connectivity index (χ0v) is 15.5. The summed E-state index contributed by atoms with van der Waals surface area (Å²) in [5, 5.41) is 6.23. The minimum Gasteiger partial charge on any atom is -0.372 e. The summed E-state index contributed by atoms with van der Waals surface area (Å²) in [5.74, 6) is -0.153. The standard InChI is InChI=1S/C20H27N5O/c1-24(2)14-11-22-20(26)19-15-17(9-10-21-19)23-16-5-7-18(8-6-16)25-12-3-4-13-25/h5-10,15H,3-4,11-14H2,1-2H3,(H,21,23)(H,22,26). The predicted octanol–water partition coefficient (Wildman–Crippen LogP) is 2.72. The lowest BCUT2D eigenvalue weighted by Gasteiger charge is -2.18. The first-order valence-electron chi connectivity index (χ1n) is 9.13. The Morgan fingerprint density at radius 2 is 1.85 bits per heavy atom. The van der Waals surface area contributed by atoms with Gasteiger partial charge in [-0.2, -0.15) is 0 Å². The third-order valence-electron chi connectivity index (χ3n) is 4.46. The summed E-state index contributed by atoms with van der Waals surface area (Å²) in [6, 6.07) is 12.1. The van der Waals surface area contributed by atoms with Crippen molar-refractivity contribution < 1.29 is 4.79 Å². The van der Waals surface area contributed by atoms with Crippen molar-refractivity contribution in [2.45, 2.75) is 12.8 Å². The molecule has 1 aliphatic heterocycles. The van der Waals surface area contributed by atoms with Crippen LogP contribution in [0.2, 0.25) is 0 Å². The Bertz CT molecular complexity index is 723. The van der Waals surface area contributed by atoms with Crippen molar-refractivity contribution in [1.82, 2.24) is 15.2 Å². The molecule has 2 heterocycles. The molecule has 0 spiro atoms. The lowest BCUT2D eigenvalue weighted by atomic mass is 10.2. The summed E-state index contributed by atoms with van der Waals surface area (Å²) in [4.78, 5) is 20.8. The van der Waals surface area contributed by atoms with E-state index in [2.05, 4.69) is 44.8 Å². The first-order chi connectivity index (χ1) is 12.6. The molecule has 2 N–H and O–H groups in total. The molecule has 1 aromatic carbocycles. The van der Waals surface area contributed by atoms with Crippen LogP contribution in [0, 0.1) is 0 Å². The van der Waals surface area contributed by atoms with Crippen molar-refractivity contribution >= 4 is 23.0 Å². The topological polar surface area (TPSA) is 60.5 Å². The molecular formula is C20H27N5O. The van der Waals surface area contributed by atoms with E-state index in [1.165, 1.54) is 18.5 Å². The molecule has 0 unspecified atom stereocenters. The van der Waals surface area contributed by atoms with E-state index in [4.69, 9.17) is 0 Å². The van der Waals surface area contributed by atoms with Crippen molar-refractivity contribution in [2.75, 3.05) is 50.5 Å². The van der Waals surface area contributed by atoms with Gasteiger partial charge in [0, 0.05) is 49.4 Å². The third-order valence-corrected chi connectivity index (χ3v) is 4.46. The zero-order valence-electron chi connectivity index (χ0n) is 15.5. The van der Waals surface area contributed by atoms with Crippen molar-refractivity contribution in [3.63, 3.8) is 0 Å². The minimum absolute atomic E-state index is 0.153. The SMILES string of the molecule is CN(C)CCNC(=O)c1cc(Nc2ccc(N3CCCC3)cc2)ccn1. The van der Waals surface area contributed by atoms with Gasteiger partial charge in [-0.05, 0) is 63.3 Å². The Kier molecular flexibility index (Phi) is 6.07. The van der Waals surface area contributed by atoms with E-state index in [1.54, 1.807) is 12.3 Å². The second kappa shape index (κ2) is 8.67. The van der Waals surface area contributed by atoms with Crippen LogP contribution in [0.15, 0.2) is 42.6 Å². The summed E-state index contributed by atoms with van der Waals surface area (Å²) in [6.07, 6.45) is 4.20. The average molecular weight is 353 g/mol. The first-order valence-corrected chi connectivity index (χ1v) is 9.13. The maximum Gasteiger partial charge on any atom is 0.269 e. The van der Waals surface area contributed by atoms with Gasteiger partial charge < -0.3 is 20.4 Å². The number of likely N-dealkylation sites (N-methyl/N-ethyl adjacent to an activating group) is 1. The Morgan fingerprint density at radius 3 is 2.54 bits per heavy atom. The number of anilines is 3. The van der Waals surface area contributed by atoms with Crippen molar-refractivity contribution in [3.05, 3.63) is 48.3 Å². The summed E-state index contributed by atoms with van der Waals surface area (Å²) in [5.41, 5.74) is 3.54. The fourth-order valence-corrected chi connectivity index (χ4v) is 3.01. The van der Waals surface area contributed by atoms with E-state index in [9.17, 15) is 4.79 Å². The van der Waals surface area contributed by atoms with Gasteiger partial charge in [0.05, 0.1) is 0 Å². The number of carbonyl (C=O) groups excluding carboxylic acids is 1. The Labute approximate surface area is 155 Å². The second-order valence-corrected chi connectivity index (χ2v) is 6.85. The van der Waals surface area contributed by atoms with Crippen LogP contribution in [-0.2, 0) is 0 Å². The number of nitrogens with zero attached hydrogens (tertiary/aromatic N) is 3. The molecule has 0 atom stereocenters. The molecule has 0 radical (unpaired) electrons. The number of pyridine rings is 1. The molecule has 1 aliphatic rings. The second-order valence-electron chi connectivity index (χ2n) is 6.85. The van der Waals surface area contributed by atoms with Crippen molar-refractivity contribution in [3.8, 4) is 0 Å². The highest BCUT2D eigenvalue weighted by molar-refractivity contribution is 5.93. The fourth-order valence-electron chi connectivity index (χ4n) is 3.01. The Balaban J connectivity index is 1.60. The van der Waals surface area contributed by atoms with Gasteiger partial charge in [-0.25, -0.2) is 0 Å². The van der Waals surface area contributed by atoms with Gasteiger partial charge in [-0.3, -0.25) is 9.78 Å². The largest absolute Gasteiger partial charge is 0.372 e. The number of amides is 1. The molecule has 0 bridgehead atoms. The van der Waals surface area contributed by atoms with Crippen LogP contribution in [0.1, 0.15) is 23.3 Å². The molecule has 1 fully saturated rings. The molecule has 138 valence electrons. The van der Waals surface area contributed by atoms with Gasteiger partial charge in [0.15, 0.2) is 0 Å². The highest BCUT2D eigenvalue weighted by Crippen LogP contribution is 2.24. The number of carbonyl (C=O) groups is 1. The number of rotatable bonds is 7. The van der Waals surface area contributed by atoms with Crippen LogP contribution < -0.4 is 15.5 Å². The Hall–Kier alpha value is -2.60. The molecule has 1 amide bonds. The van der Waals surface area contributed by atoms with Crippen LogP contribution in [0.25, 0.3) is 0 Å². The smallest absolute Gasteiger partial charge is 0.269 e. The van der Waals surface area contributed by atoms with E-state index >= 15 is 0 Å². The number of nitrogens with one attached hydrogen (secondary N) is 2. The van der Waals surface area contributed by atoms with Crippen LogP contribution >= 0.6 is 0 Å². The first kappa shape index (κ1) is 18.2. The highest BCUT2D eigenvalue weighted by Gasteiger charge is 2.12. The molecular weight excluding hydrogens is 326 g/mol. The van der Waals surface area contributed by atoms with Crippen LogP contribution in [0.4, 0.5) is 17.1 Å². The van der Waals surface area contributed by atoms with Gasteiger partial charge in [-0.1, -0.05) is 0 Å². The molecule has 0 saturated carbocycles. The van der Waals surface area contributed by atoms with Gasteiger partial charge in [-0.15, -0.1) is 0 Å². The lowest BCUT2D eigenvalue weighted by Crippen LogP contribution is -2.31. The molecule has 3 rings (SSSR count). The van der Waals surface area contributed by atoms with Gasteiger partial charge in [0.2, 0.25) is 0 Å². The lowest BCUT2D eigenvalue weighted by molar-refractivity contribution is 0.0946. The molecule has 1 aromatic heterocycles. The van der Waals surface area contributed by atoms with Gasteiger partial charge in [0.1, 0.15) is 5.69 Å². The van der Waals surface area contributed by atoms with E-state index in [1.807, 2.05) is 25.1 Å². The number of hydrogen-bond donors (Lipinski definition) is 2. The van der Waals surface area contributed by atoms with Crippen LogP contribution in [0.5, 0.6) is 0 Å². The third kappa shape index (κ3) is 4.95. The van der Waals surface area contributed by atoms with E-state index in [0.717, 1.165) is 31.0 Å². The van der Waals surface area contributed by atoms with E-state index < -0.39 is 0 Å². The Morgan fingerprint density at radius 1 is 1.12 bits per heavy atom. The van der Waals surface area contributed by atoms with Crippen LogP contribution in [0.3, 0.4) is 0 Å². The molecule has 2 aromatic rings. The number of hydrogen-bond acceptors (Lipinski definition) is 5.